The average molecular weight is 210 g/mol. The van der Waals surface area contributed by atoms with Gasteiger partial charge in [-0.3, -0.25) is 4.79 Å². The van der Waals surface area contributed by atoms with E-state index in [1.54, 1.807) is 18.3 Å². The summed E-state index contributed by atoms with van der Waals surface area (Å²) in [6.07, 6.45) is 1.61. The number of hydrogen-bond donors (Lipinski definition) is 2. The van der Waals surface area contributed by atoms with E-state index in [-0.39, 0.29) is 12.6 Å². The molecule has 0 aromatic carbocycles. The second-order valence-electron chi connectivity index (χ2n) is 3.27. The molecule has 0 aliphatic heterocycles. The van der Waals surface area contributed by atoms with Gasteiger partial charge in [-0.25, -0.2) is 4.98 Å². The minimum Gasteiger partial charge on any atom is -0.480 e. The molecule has 0 spiro atoms. The van der Waals surface area contributed by atoms with E-state index in [9.17, 15) is 4.79 Å². The number of aliphatic carboxylic acids is 1. The third-order valence-corrected chi connectivity index (χ3v) is 1.55. The van der Waals surface area contributed by atoms with Gasteiger partial charge in [0.25, 0.3) is 0 Å². The maximum absolute atomic E-state index is 10.4. The summed E-state index contributed by atoms with van der Waals surface area (Å²) in [5.74, 6) is -0.497. The summed E-state index contributed by atoms with van der Waals surface area (Å²) in [6, 6.07) is 3.45. The van der Waals surface area contributed by atoms with Crippen LogP contribution in [0.1, 0.15) is 13.8 Å². The van der Waals surface area contributed by atoms with Gasteiger partial charge in [0.1, 0.15) is 6.54 Å². The Labute approximate surface area is 88.1 Å². The second-order valence-corrected chi connectivity index (χ2v) is 3.27. The van der Waals surface area contributed by atoms with Crippen LogP contribution in [0.15, 0.2) is 18.3 Å². The molecular weight excluding hydrogens is 196 g/mol. The molecule has 5 heteroatoms. The molecule has 0 radical (unpaired) electrons. The van der Waals surface area contributed by atoms with Gasteiger partial charge in [0, 0.05) is 6.20 Å². The summed E-state index contributed by atoms with van der Waals surface area (Å²) in [6.45, 7) is 3.62. The van der Waals surface area contributed by atoms with Gasteiger partial charge in [0.05, 0.1) is 11.8 Å². The van der Waals surface area contributed by atoms with Crippen LogP contribution in [0.3, 0.4) is 0 Å². The van der Waals surface area contributed by atoms with E-state index >= 15 is 0 Å². The van der Waals surface area contributed by atoms with E-state index < -0.39 is 5.97 Å². The fraction of sp³-hybridized carbons (Fsp3) is 0.400. The number of nitrogens with zero attached hydrogens (tertiary/aromatic N) is 1. The minimum atomic E-state index is -0.922. The predicted molar refractivity (Wildman–Crippen MR) is 56.1 cm³/mol. The number of hydrogen-bond acceptors (Lipinski definition) is 4. The Hall–Kier alpha value is -1.78. The smallest absolute Gasteiger partial charge is 0.322 e. The number of carboxylic acids is 1. The first-order chi connectivity index (χ1) is 7.09. The molecule has 1 rings (SSSR count). The Bertz CT molecular complexity index is 339. The zero-order chi connectivity index (χ0) is 11.3. The molecule has 0 fully saturated rings. The third-order valence-electron chi connectivity index (χ3n) is 1.55. The van der Waals surface area contributed by atoms with Crippen molar-refractivity contribution >= 4 is 11.7 Å². The Morgan fingerprint density at radius 2 is 2.40 bits per heavy atom. The zero-order valence-corrected chi connectivity index (χ0v) is 8.73. The van der Waals surface area contributed by atoms with E-state index in [2.05, 4.69) is 10.3 Å². The van der Waals surface area contributed by atoms with Gasteiger partial charge in [0.15, 0.2) is 0 Å². The SMILES string of the molecule is CC(C)Oc1ncccc1NCC(=O)O. The van der Waals surface area contributed by atoms with Crippen molar-refractivity contribution < 1.29 is 14.6 Å². The number of anilines is 1. The number of carboxylic acid groups (broad SMARTS) is 1. The number of carbonyl (C=O) groups is 1. The topological polar surface area (TPSA) is 71.5 Å². The van der Waals surface area contributed by atoms with Crippen LogP contribution in [0, 0.1) is 0 Å². The number of aromatic nitrogens is 1. The van der Waals surface area contributed by atoms with Gasteiger partial charge in [-0.05, 0) is 26.0 Å². The highest BCUT2D eigenvalue weighted by Crippen LogP contribution is 2.21. The zero-order valence-electron chi connectivity index (χ0n) is 8.73. The number of pyridine rings is 1. The molecule has 5 nitrogen and oxygen atoms in total. The highest BCUT2D eigenvalue weighted by molar-refractivity contribution is 5.73. The highest BCUT2D eigenvalue weighted by Gasteiger charge is 2.07. The first kappa shape index (κ1) is 11.3. The monoisotopic (exact) mass is 210 g/mol. The van der Waals surface area contributed by atoms with Gasteiger partial charge >= 0.3 is 5.97 Å². The molecule has 0 unspecified atom stereocenters. The first-order valence-corrected chi connectivity index (χ1v) is 4.67. The summed E-state index contributed by atoms with van der Waals surface area (Å²) < 4.78 is 5.41. The molecule has 0 amide bonds. The first-order valence-electron chi connectivity index (χ1n) is 4.67. The lowest BCUT2D eigenvalue weighted by Crippen LogP contribution is -2.15. The van der Waals surface area contributed by atoms with Crippen molar-refractivity contribution in [3.63, 3.8) is 0 Å². The number of ether oxygens (including phenoxy) is 1. The van der Waals surface area contributed by atoms with Crippen LogP contribution in [-0.4, -0.2) is 28.7 Å². The van der Waals surface area contributed by atoms with Crippen LogP contribution in [0.4, 0.5) is 5.69 Å². The van der Waals surface area contributed by atoms with E-state index in [0.717, 1.165) is 0 Å². The van der Waals surface area contributed by atoms with Crippen LogP contribution in [-0.2, 0) is 4.79 Å². The standard InChI is InChI=1S/C10H14N2O3/c1-7(2)15-10-8(4-3-5-11-10)12-6-9(13)14/h3-5,7,12H,6H2,1-2H3,(H,13,14). The molecule has 15 heavy (non-hydrogen) atoms. The van der Waals surface area contributed by atoms with Gasteiger partial charge < -0.3 is 15.2 Å². The summed E-state index contributed by atoms with van der Waals surface area (Å²) in [4.78, 5) is 14.4. The Balaban J connectivity index is 2.72. The Morgan fingerprint density at radius 1 is 1.67 bits per heavy atom. The summed E-state index contributed by atoms with van der Waals surface area (Å²) in [5.41, 5.74) is 0.591. The molecule has 0 atom stereocenters. The molecule has 0 aliphatic carbocycles. The minimum absolute atomic E-state index is 0.00489. The van der Waals surface area contributed by atoms with E-state index in [4.69, 9.17) is 9.84 Å². The van der Waals surface area contributed by atoms with Crippen molar-refractivity contribution in [2.75, 3.05) is 11.9 Å². The normalized spacial score (nSPS) is 10.1. The predicted octanol–water partition coefficient (Wildman–Crippen LogP) is 1.37. The molecule has 0 aliphatic rings. The lowest BCUT2D eigenvalue weighted by molar-refractivity contribution is -0.134. The van der Waals surface area contributed by atoms with Crippen molar-refractivity contribution in [1.29, 1.82) is 0 Å². The maximum atomic E-state index is 10.4. The van der Waals surface area contributed by atoms with E-state index in [1.807, 2.05) is 13.8 Å². The van der Waals surface area contributed by atoms with Gasteiger partial charge in [-0.15, -0.1) is 0 Å². The lowest BCUT2D eigenvalue weighted by Gasteiger charge is -2.12. The van der Waals surface area contributed by atoms with Gasteiger partial charge in [0.2, 0.25) is 5.88 Å². The molecule has 2 N–H and O–H groups in total. The van der Waals surface area contributed by atoms with Crippen molar-refractivity contribution in [3.8, 4) is 5.88 Å². The fourth-order valence-electron chi connectivity index (χ4n) is 1.01. The Morgan fingerprint density at radius 3 is 3.00 bits per heavy atom. The lowest BCUT2D eigenvalue weighted by atomic mass is 10.4. The summed E-state index contributed by atoms with van der Waals surface area (Å²) >= 11 is 0. The molecule has 0 saturated carbocycles. The van der Waals surface area contributed by atoms with Gasteiger partial charge in [-0.2, -0.15) is 0 Å². The number of nitrogens with one attached hydrogen (secondary N) is 1. The molecule has 0 saturated heterocycles. The van der Waals surface area contributed by atoms with Crippen molar-refractivity contribution in [1.82, 2.24) is 4.98 Å². The fourth-order valence-corrected chi connectivity index (χ4v) is 1.01. The van der Waals surface area contributed by atoms with Crippen LogP contribution in [0.25, 0.3) is 0 Å². The van der Waals surface area contributed by atoms with Crippen molar-refractivity contribution in [2.24, 2.45) is 0 Å². The summed E-state index contributed by atoms with van der Waals surface area (Å²) in [7, 11) is 0. The highest BCUT2D eigenvalue weighted by atomic mass is 16.5. The molecule has 1 heterocycles. The van der Waals surface area contributed by atoms with Crippen LogP contribution in [0.5, 0.6) is 5.88 Å². The number of rotatable bonds is 5. The largest absolute Gasteiger partial charge is 0.480 e. The van der Waals surface area contributed by atoms with Crippen LogP contribution in [0.2, 0.25) is 0 Å². The Kier molecular flexibility index (Phi) is 3.91. The molecule has 82 valence electrons. The maximum Gasteiger partial charge on any atom is 0.322 e. The summed E-state index contributed by atoms with van der Waals surface area (Å²) in [5, 5.41) is 11.3. The van der Waals surface area contributed by atoms with Crippen molar-refractivity contribution in [3.05, 3.63) is 18.3 Å². The molecule has 1 aromatic rings. The quantitative estimate of drug-likeness (QED) is 0.767. The van der Waals surface area contributed by atoms with E-state index in [1.165, 1.54) is 0 Å². The third kappa shape index (κ3) is 3.84. The second kappa shape index (κ2) is 5.19. The molecule has 0 bridgehead atoms. The van der Waals surface area contributed by atoms with E-state index in [0.29, 0.717) is 11.6 Å². The molecular formula is C10H14N2O3. The van der Waals surface area contributed by atoms with Gasteiger partial charge in [-0.1, -0.05) is 0 Å². The van der Waals surface area contributed by atoms with Crippen LogP contribution < -0.4 is 10.1 Å². The van der Waals surface area contributed by atoms with Crippen molar-refractivity contribution in [2.45, 2.75) is 20.0 Å². The van der Waals surface area contributed by atoms with Crippen LogP contribution >= 0.6 is 0 Å². The average Bonchev–Trinajstić information content (AvgIpc) is 2.15. The molecule has 1 aromatic heterocycles.